The van der Waals surface area contributed by atoms with Gasteiger partial charge >= 0.3 is 5.97 Å². The highest BCUT2D eigenvalue weighted by Gasteiger charge is 2.16. The Kier molecular flexibility index (Phi) is 2.83. The highest BCUT2D eigenvalue weighted by molar-refractivity contribution is 5.85. The number of carboxylic acid groups (broad SMARTS) is 1. The molecule has 4 nitrogen and oxygen atoms in total. The largest absolute Gasteiger partial charge is 0.481 e. The van der Waals surface area contributed by atoms with Gasteiger partial charge in [0.1, 0.15) is 5.82 Å². The van der Waals surface area contributed by atoms with Crippen molar-refractivity contribution >= 4 is 16.9 Å². The molecule has 0 aliphatic heterocycles. The van der Waals surface area contributed by atoms with Gasteiger partial charge in [0.2, 0.25) is 0 Å². The molecule has 90 valence electrons. The first-order valence-electron chi connectivity index (χ1n) is 5.37. The minimum absolute atomic E-state index is 0.0415. The number of aliphatic carboxylic acids is 1. The third-order valence-electron chi connectivity index (χ3n) is 2.57. The summed E-state index contributed by atoms with van der Waals surface area (Å²) in [6.07, 6.45) is -0.111. The second-order valence-electron chi connectivity index (χ2n) is 4.22. The van der Waals surface area contributed by atoms with E-state index in [1.807, 2.05) is 13.8 Å². The van der Waals surface area contributed by atoms with Crippen LogP contribution in [-0.2, 0) is 11.2 Å². The van der Waals surface area contributed by atoms with E-state index in [0.717, 1.165) is 0 Å². The van der Waals surface area contributed by atoms with E-state index in [4.69, 9.17) is 5.11 Å². The zero-order chi connectivity index (χ0) is 12.6. The van der Waals surface area contributed by atoms with Gasteiger partial charge in [0.25, 0.3) is 0 Å². The van der Waals surface area contributed by atoms with Crippen LogP contribution in [0.5, 0.6) is 0 Å². The molecule has 0 radical (unpaired) electrons. The Labute approximate surface area is 97.7 Å². The smallest absolute Gasteiger partial charge is 0.309 e. The van der Waals surface area contributed by atoms with E-state index in [9.17, 15) is 9.18 Å². The molecule has 2 aromatic rings. The normalized spacial score (nSPS) is 11.3. The van der Waals surface area contributed by atoms with Crippen molar-refractivity contribution in [2.75, 3.05) is 0 Å². The van der Waals surface area contributed by atoms with Crippen LogP contribution in [0.25, 0.3) is 10.9 Å². The van der Waals surface area contributed by atoms with Crippen molar-refractivity contribution < 1.29 is 14.3 Å². The molecule has 17 heavy (non-hydrogen) atoms. The van der Waals surface area contributed by atoms with Gasteiger partial charge in [-0.3, -0.25) is 9.48 Å². The summed E-state index contributed by atoms with van der Waals surface area (Å²) in [6, 6.07) is 4.26. The first kappa shape index (κ1) is 11.6. The second kappa shape index (κ2) is 4.16. The summed E-state index contributed by atoms with van der Waals surface area (Å²) in [4.78, 5) is 10.8. The van der Waals surface area contributed by atoms with Gasteiger partial charge in [0, 0.05) is 17.5 Å². The minimum Gasteiger partial charge on any atom is -0.481 e. The molecule has 0 atom stereocenters. The summed E-state index contributed by atoms with van der Waals surface area (Å²) in [7, 11) is 0. The quantitative estimate of drug-likeness (QED) is 0.890. The molecule has 0 fully saturated rings. The summed E-state index contributed by atoms with van der Waals surface area (Å²) in [5.41, 5.74) is 1.11. The van der Waals surface area contributed by atoms with Crippen molar-refractivity contribution in [1.29, 1.82) is 0 Å². The molecule has 0 spiro atoms. The summed E-state index contributed by atoms with van der Waals surface area (Å²) in [5.74, 6) is -1.29. The maximum atomic E-state index is 13.1. The molecule has 5 heteroatoms. The highest BCUT2D eigenvalue weighted by atomic mass is 19.1. The molecule has 1 N–H and O–H groups in total. The van der Waals surface area contributed by atoms with Gasteiger partial charge < -0.3 is 5.11 Å². The van der Waals surface area contributed by atoms with E-state index in [0.29, 0.717) is 16.6 Å². The number of hydrogen-bond donors (Lipinski definition) is 1. The highest BCUT2D eigenvalue weighted by Crippen LogP contribution is 2.22. The summed E-state index contributed by atoms with van der Waals surface area (Å²) in [5, 5.41) is 13.8. The first-order valence-corrected chi connectivity index (χ1v) is 5.37. The fourth-order valence-electron chi connectivity index (χ4n) is 1.88. The lowest BCUT2D eigenvalue weighted by Gasteiger charge is -2.09. The Morgan fingerprint density at radius 3 is 2.82 bits per heavy atom. The monoisotopic (exact) mass is 236 g/mol. The van der Waals surface area contributed by atoms with Crippen LogP contribution < -0.4 is 0 Å². The Hall–Kier alpha value is -1.91. The van der Waals surface area contributed by atoms with Crippen LogP contribution in [0.15, 0.2) is 18.2 Å². The predicted molar refractivity (Wildman–Crippen MR) is 61.4 cm³/mol. The fraction of sp³-hybridized carbons (Fsp3) is 0.333. The zero-order valence-corrected chi connectivity index (χ0v) is 9.64. The molecule has 0 unspecified atom stereocenters. The van der Waals surface area contributed by atoms with Crippen molar-refractivity contribution in [2.24, 2.45) is 0 Å². The molecule has 0 bridgehead atoms. The van der Waals surface area contributed by atoms with Gasteiger partial charge in [-0.15, -0.1) is 0 Å². The lowest BCUT2D eigenvalue weighted by Crippen LogP contribution is -2.11. The lowest BCUT2D eigenvalue weighted by atomic mass is 10.1. The zero-order valence-electron chi connectivity index (χ0n) is 9.64. The molecule has 1 aromatic carbocycles. The number of halogens is 1. The van der Waals surface area contributed by atoms with Gasteiger partial charge in [-0.05, 0) is 26.0 Å². The van der Waals surface area contributed by atoms with Crippen molar-refractivity contribution in [1.82, 2.24) is 9.78 Å². The number of fused-ring (bicyclic) bond motifs is 1. The Morgan fingerprint density at radius 2 is 2.24 bits per heavy atom. The summed E-state index contributed by atoms with van der Waals surface area (Å²) in [6.45, 7) is 3.82. The average Bonchev–Trinajstić information content (AvgIpc) is 2.55. The number of hydrogen-bond acceptors (Lipinski definition) is 2. The van der Waals surface area contributed by atoms with E-state index >= 15 is 0 Å². The number of benzene rings is 1. The van der Waals surface area contributed by atoms with E-state index < -0.39 is 5.97 Å². The van der Waals surface area contributed by atoms with E-state index in [2.05, 4.69) is 5.10 Å². The lowest BCUT2D eigenvalue weighted by molar-refractivity contribution is -0.136. The van der Waals surface area contributed by atoms with Crippen molar-refractivity contribution in [3.8, 4) is 0 Å². The molecule has 0 saturated carbocycles. The number of nitrogens with zero attached hydrogens (tertiary/aromatic N) is 2. The maximum absolute atomic E-state index is 13.1. The van der Waals surface area contributed by atoms with Gasteiger partial charge in [-0.2, -0.15) is 5.10 Å². The van der Waals surface area contributed by atoms with Gasteiger partial charge in [-0.25, -0.2) is 4.39 Å². The first-order chi connectivity index (χ1) is 7.99. The molecule has 0 aliphatic rings. The van der Waals surface area contributed by atoms with Crippen LogP contribution in [0.3, 0.4) is 0 Å². The van der Waals surface area contributed by atoms with Crippen LogP contribution in [-0.4, -0.2) is 20.9 Å². The van der Waals surface area contributed by atoms with Crippen LogP contribution in [0.1, 0.15) is 25.6 Å². The van der Waals surface area contributed by atoms with Gasteiger partial charge in [0.05, 0.1) is 17.6 Å². The standard InChI is InChI=1S/C12H13FN2O2/c1-7(2)15-11(6-12(16)17)9-4-3-8(13)5-10(9)14-15/h3-5,7H,6H2,1-2H3,(H,16,17). The van der Waals surface area contributed by atoms with E-state index in [1.165, 1.54) is 12.1 Å². The van der Waals surface area contributed by atoms with Crippen LogP contribution in [0.4, 0.5) is 4.39 Å². The molecule has 0 saturated heterocycles. The Morgan fingerprint density at radius 1 is 1.53 bits per heavy atom. The maximum Gasteiger partial charge on any atom is 0.309 e. The molecular formula is C12H13FN2O2. The SMILES string of the molecule is CC(C)n1nc2cc(F)ccc2c1CC(=O)O. The van der Waals surface area contributed by atoms with Crippen molar-refractivity contribution in [3.63, 3.8) is 0 Å². The molecular weight excluding hydrogens is 223 g/mol. The molecule has 1 heterocycles. The van der Waals surface area contributed by atoms with Crippen LogP contribution >= 0.6 is 0 Å². The summed E-state index contributed by atoms with van der Waals surface area (Å²) < 4.78 is 14.7. The number of carboxylic acids is 1. The van der Waals surface area contributed by atoms with Crippen molar-refractivity contribution in [3.05, 3.63) is 29.7 Å². The Balaban J connectivity index is 2.66. The molecule has 1 aromatic heterocycles. The van der Waals surface area contributed by atoms with E-state index in [-0.39, 0.29) is 18.3 Å². The topological polar surface area (TPSA) is 55.1 Å². The third kappa shape index (κ3) is 2.13. The van der Waals surface area contributed by atoms with Crippen molar-refractivity contribution in [2.45, 2.75) is 26.3 Å². The molecule has 0 amide bonds. The van der Waals surface area contributed by atoms with Gasteiger partial charge in [0.15, 0.2) is 0 Å². The van der Waals surface area contributed by atoms with E-state index in [1.54, 1.807) is 10.7 Å². The Bertz CT molecular complexity index is 575. The van der Waals surface area contributed by atoms with Gasteiger partial charge in [-0.1, -0.05) is 0 Å². The third-order valence-corrected chi connectivity index (χ3v) is 2.57. The predicted octanol–water partition coefficient (Wildman–Crippen LogP) is 2.38. The fourth-order valence-corrected chi connectivity index (χ4v) is 1.88. The number of rotatable bonds is 3. The molecule has 2 rings (SSSR count). The number of carbonyl (C=O) groups is 1. The average molecular weight is 236 g/mol. The van der Waals surface area contributed by atoms with Crippen LogP contribution in [0, 0.1) is 5.82 Å². The molecule has 0 aliphatic carbocycles. The number of aromatic nitrogens is 2. The summed E-state index contributed by atoms with van der Waals surface area (Å²) >= 11 is 0. The van der Waals surface area contributed by atoms with Crippen LogP contribution in [0.2, 0.25) is 0 Å². The second-order valence-corrected chi connectivity index (χ2v) is 4.22. The minimum atomic E-state index is -0.918.